The number of aromatic nitrogens is 2. The topological polar surface area (TPSA) is 141 Å². The Morgan fingerprint density at radius 1 is 1.43 bits per heavy atom. The molecule has 0 spiro atoms. The van der Waals surface area contributed by atoms with Crippen LogP contribution in [0.2, 0.25) is 0 Å². The highest BCUT2D eigenvalue weighted by molar-refractivity contribution is 7.91. The van der Waals surface area contributed by atoms with Gasteiger partial charge in [-0.25, -0.2) is 22.9 Å². The van der Waals surface area contributed by atoms with Crippen LogP contribution in [0.4, 0.5) is 23.4 Å². The van der Waals surface area contributed by atoms with Crippen molar-refractivity contribution in [1.82, 2.24) is 19.5 Å². The van der Waals surface area contributed by atoms with Gasteiger partial charge in [-0.3, -0.25) is 10.6 Å². The molecule has 1 aliphatic rings. The van der Waals surface area contributed by atoms with Crippen molar-refractivity contribution in [3.05, 3.63) is 52.7 Å². The van der Waals surface area contributed by atoms with Crippen molar-refractivity contribution in [3.8, 4) is 6.07 Å². The van der Waals surface area contributed by atoms with E-state index in [9.17, 15) is 26.6 Å². The Bertz CT molecular complexity index is 1320. The predicted molar refractivity (Wildman–Crippen MR) is 118 cm³/mol. The lowest BCUT2D eigenvalue weighted by molar-refractivity contribution is -0.118. The Morgan fingerprint density at radius 2 is 2.11 bits per heavy atom. The Balaban J connectivity index is 1.96. The van der Waals surface area contributed by atoms with E-state index in [4.69, 9.17) is 11.1 Å². The Hall–Kier alpha value is -3.19. The largest absolute Gasteiger partial charge is 0.408 e. The van der Waals surface area contributed by atoms with Gasteiger partial charge < -0.3 is 5.32 Å². The summed E-state index contributed by atoms with van der Waals surface area (Å²) in [5, 5.41) is 12.3. The first-order chi connectivity index (χ1) is 16.2. The number of hydrogen-bond donors (Lipinski definition) is 2. The number of nitrogens with zero attached hydrogens (tertiary/aromatic N) is 6. The van der Waals surface area contributed by atoms with Gasteiger partial charge in [0.05, 0.1) is 17.0 Å². The summed E-state index contributed by atoms with van der Waals surface area (Å²) in [6, 6.07) is 5.60. The number of carbonyl (C=O) groups excluding carboxylic acids is 1. The van der Waals surface area contributed by atoms with Crippen molar-refractivity contribution in [2.45, 2.75) is 25.4 Å². The number of pyridine rings is 2. The summed E-state index contributed by atoms with van der Waals surface area (Å²) < 4.78 is 70.7. The average molecular weight is 515 g/mol. The van der Waals surface area contributed by atoms with Crippen molar-refractivity contribution >= 4 is 21.6 Å². The van der Waals surface area contributed by atoms with Crippen LogP contribution in [0.15, 0.2) is 28.8 Å². The third kappa shape index (κ3) is 5.73. The van der Waals surface area contributed by atoms with Gasteiger partial charge in [0.1, 0.15) is 39.9 Å². The highest BCUT2D eigenvalue weighted by Crippen LogP contribution is 2.34. The maximum Gasteiger partial charge on any atom is 0.408 e. The second-order valence-corrected chi connectivity index (χ2v) is 10.5. The zero-order valence-electron chi connectivity index (χ0n) is 18.9. The summed E-state index contributed by atoms with van der Waals surface area (Å²) in [6.07, 6.45) is -3.47. The van der Waals surface area contributed by atoms with Crippen LogP contribution in [0.25, 0.3) is 0 Å². The monoisotopic (exact) mass is 514 g/mol. The molecule has 1 aliphatic heterocycles. The van der Waals surface area contributed by atoms with Gasteiger partial charge in [0.15, 0.2) is 0 Å². The van der Waals surface area contributed by atoms with Crippen molar-refractivity contribution < 1.29 is 26.6 Å². The normalized spacial score (nSPS) is 23.5. The summed E-state index contributed by atoms with van der Waals surface area (Å²) in [5.74, 6) is 3.82. The van der Waals surface area contributed by atoms with Gasteiger partial charge in [-0.2, -0.15) is 23.6 Å². The number of amides is 1. The van der Waals surface area contributed by atoms with Gasteiger partial charge in [0.2, 0.25) is 0 Å². The summed E-state index contributed by atoms with van der Waals surface area (Å²) in [4.78, 5) is 20.8. The molecule has 35 heavy (non-hydrogen) atoms. The van der Waals surface area contributed by atoms with Gasteiger partial charge in [0.25, 0.3) is 5.91 Å². The molecule has 0 radical (unpaired) electrons. The Kier molecular flexibility index (Phi) is 7.14. The minimum atomic E-state index is -4.69. The van der Waals surface area contributed by atoms with Gasteiger partial charge >= 0.3 is 6.18 Å². The van der Waals surface area contributed by atoms with E-state index >= 15 is 0 Å². The fourth-order valence-corrected chi connectivity index (χ4v) is 5.84. The third-order valence-corrected chi connectivity index (χ3v) is 7.90. The van der Waals surface area contributed by atoms with Gasteiger partial charge in [-0.15, -0.1) is 4.41 Å². The molecule has 10 nitrogen and oxygen atoms in total. The van der Waals surface area contributed by atoms with Crippen molar-refractivity contribution in [1.29, 1.82) is 5.26 Å². The number of nitrogens with one attached hydrogen (secondary N) is 1. The first-order valence-electron chi connectivity index (χ1n) is 10.1. The molecule has 3 N–H and O–H groups in total. The van der Waals surface area contributed by atoms with Gasteiger partial charge in [0, 0.05) is 25.2 Å². The lowest BCUT2D eigenvalue weighted by Crippen LogP contribution is -2.62. The highest BCUT2D eigenvalue weighted by atomic mass is 32.2. The zero-order chi connectivity index (χ0) is 26.2. The number of rotatable bonds is 4. The number of nitrogens with two attached hydrogens (primary N) is 1. The third-order valence-electron chi connectivity index (χ3n) is 5.32. The Morgan fingerprint density at radius 3 is 2.71 bits per heavy atom. The molecule has 1 fully saturated rings. The molecule has 1 saturated heterocycles. The minimum Gasteiger partial charge on any atom is -0.305 e. The zero-order valence-corrected chi connectivity index (χ0v) is 19.7. The number of aryl methyl sites for hydroxylation is 1. The quantitative estimate of drug-likeness (QED) is 0.471. The van der Waals surface area contributed by atoms with E-state index < -0.39 is 45.5 Å². The maximum atomic E-state index is 14.9. The van der Waals surface area contributed by atoms with Crippen LogP contribution in [-0.4, -0.2) is 61.7 Å². The summed E-state index contributed by atoms with van der Waals surface area (Å²) >= 11 is 0. The number of halogens is 4. The van der Waals surface area contributed by atoms with Gasteiger partial charge in [-0.05, 0) is 30.7 Å². The van der Waals surface area contributed by atoms with E-state index in [1.165, 1.54) is 32.3 Å². The predicted octanol–water partition coefficient (Wildman–Crippen LogP) is 2.29. The van der Waals surface area contributed by atoms with Crippen molar-refractivity contribution in [3.63, 3.8) is 0 Å². The lowest BCUT2D eigenvalue weighted by Gasteiger charge is -2.44. The van der Waals surface area contributed by atoms with Crippen LogP contribution in [0.5, 0.6) is 0 Å². The van der Waals surface area contributed by atoms with E-state index in [1.54, 1.807) is 6.92 Å². The average Bonchev–Trinajstić information content (AvgIpc) is 2.76. The van der Waals surface area contributed by atoms with Crippen LogP contribution < -0.4 is 11.2 Å². The molecule has 2 aromatic heterocycles. The molecule has 0 aromatic carbocycles. The molecule has 0 aliphatic carbocycles. The van der Waals surface area contributed by atoms with E-state index in [1.807, 2.05) is 6.07 Å². The summed E-state index contributed by atoms with van der Waals surface area (Å²) in [5.41, 5.74) is -0.957. The number of hydrazine groups is 2. The van der Waals surface area contributed by atoms with E-state index in [2.05, 4.69) is 19.6 Å². The molecular formula is C20H22F4N8O2S. The van der Waals surface area contributed by atoms with E-state index in [0.29, 0.717) is 5.56 Å². The lowest BCUT2D eigenvalue weighted by atomic mass is 9.88. The molecule has 1 amide bonds. The highest BCUT2D eigenvalue weighted by Gasteiger charge is 2.45. The van der Waals surface area contributed by atoms with Crippen molar-refractivity contribution in [2.24, 2.45) is 10.2 Å². The Labute approximate surface area is 199 Å². The molecule has 2 aromatic rings. The number of alkyl halides is 3. The molecule has 3 rings (SSSR count). The SMILES string of the molecule is Cc1cc(C#N)cnc1C(=O)Nc1ccc(F)c([C@@]2(C)CN(N)N(C)[S@](=O)(=NCC(F)(F)F)C2)n1. The van der Waals surface area contributed by atoms with Gasteiger partial charge in [-0.1, -0.05) is 6.92 Å². The molecular weight excluding hydrogens is 492 g/mol. The second-order valence-electron chi connectivity index (χ2n) is 8.26. The van der Waals surface area contributed by atoms with Crippen LogP contribution in [-0.2, 0) is 15.3 Å². The van der Waals surface area contributed by atoms with E-state index in [-0.39, 0.29) is 29.3 Å². The first kappa shape index (κ1) is 26.4. The summed E-state index contributed by atoms with van der Waals surface area (Å²) in [7, 11) is -2.47. The first-order valence-corrected chi connectivity index (χ1v) is 11.7. The number of anilines is 1. The summed E-state index contributed by atoms with van der Waals surface area (Å²) in [6.45, 7) is 1.23. The van der Waals surface area contributed by atoms with E-state index in [0.717, 1.165) is 15.6 Å². The standard InChI is InChI=1S/C20H22F4N8O2S/c1-12-6-13(7-25)8-27-16(12)18(33)30-15-5-4-14(21)17(29-15)19(2)10-32(26)31(3)35(34,11-19)28-9-20(22,23)24/h4-6,8H,9-11,26H2,1-3H3,(H,29,30,33)/t19-,35+/m0/s1. The molecule has 188 valence electrons. The smallest absolute Gasteiger partial charge is 0.305 e. The molecule has 0 bridgehead atoms. The molecule has 3 heterocycles. The number of nitriles is 1. The molecule has 15 heteroatoms. The van der Waals surface area contributed by atoms with Crippen molar-refractivity contribution in [2.75, 3.05) is 31.2 Å². The fourth-order valence-electron chi connectivity index (χ4n) is 3.61. The van der Waals surface area contributed by atoms with Crippen LogP contribution in [0.3, 0.4) is 0 Å². The number of hydrogen-bond acceptors (Lipinski definition) is 8. The molecule has 0 saturated carbocycles. The molecule has 0 unspecified atom stereocenters. The fraction of sp³-hybridized carbons (Fsp3) is 0.400. The molecule has 2 atom stereocenters. The van der Waals surface area contributed by atoms with Crippen LogP contribution in [0, 0.1) is 24.1 Å². The van der Waals surface area contributed by atoms with Crippen LogP contribution >= 0.6 is 0 Å². The minimum absolute atomic E-state index is 0.0179. The number of carbonyl (C=O) groups is 1. The maximum absolute atomic E-state index is 14.9. The van der Waals surface area contributed by atoms with Crippen LogP contribution in [0.1, 0.15) is 34.2 Å². The second kappa shape index (κ2) is 9.46.